The number of nitrogens with one attached hydrogen (secondary N) is 2. The highest BCUT2D eigenvalue weighted by atomic mass is 19.1. The molecule has 1 aromatic heterocycles. The number of hydrogen-bond acceptors (Lipinski definition) is 3. The molecule has 1 aromatic carbocycles. The lowest BCUT2D eigenvalue weighted by Crippen LogP contribution is -2.45. The van der Waals surface area contributed by atoms with Gasteiger partial charge in [-0.1, -0.05) is 20.8 Å². The third kappa shape index (κ3) is 4.12. The van der Waals surface area contributed by atoms with Crippen LogP contribution < -0.4 is 5.32 Å². The lowest BCUT2D eigenvalue weighted by Gasteiger charge is -2.40. The zero-order valence-corrected chi connectivity index (χ0v) is 15.5. The number of benzene rings is 1. The van der Waals surface area contributed by atoms with Crippen molar-refractivity contribution in [2.45, 2.75) is 39.7 Å². The first kappa shape index (κ1) is 18.6. The number of aromatic amines is 1. The Morgan fingerprint density at radius 1 is 1.35 bits per heavy atom. The first-order chi connectivity index (χ1) is 12.4. The Kier molecular flexibility index (Phi) is 5.41. The molecule has 2 atom stereocenters. The molecular formula is C20H26FN3O2. The van der Waals surface area contributed by atoms with E-state index in [1.165, 1.54) is 18.3 Å². The van der Waals surface area contributed by atoms with Gasteiger partial charge in [0.1, 0.15) is 5.82 Å². The maximum absolute atomic E-state index is 13.1. The van der Waals surface area contributed by atoms with Crippen LogP contribution in [-0.4, -0.2) is 35.4 Å². The van der Waals surface area contributed by atoms with Gasteiger partial charge in [0.15, 0.2) is 0 Å². The number of nitrogens with zero attached hydrogens (tertiary/aromatic N) is 1. The topological polar surface area (TPSA) is 67.0 Å². The van der Waals surface area contributed by atoms with Crippen LogP contribution in [0.3, 0.4) is 0 Å². The van der Waals surface area contributed by atoms with Gasteiger partial charge in [-0.25, -0.2) is 4.39 Å². The number of hydrogen-bond donors (Lipinski definition) is 2. The molecule has 1 fully saturated rings. The van der Waals surface area contributed by atoms with Crippen LogP contribution in [0.5, 0.6) is 0 Å². The predicted octanol–water partition coefficient (Wildman–Crippen LogP) is 3.79. The van der Waals surface area contributed by atoms with Crippen molar-refractivity contribution in [1.29, 1.82) is 0 Å². The van der Waals surface area contributed by atoms with Gasteiger partial charge in [-0.05, 0) is 42.5 Å². The first-order valence-corrected chi connectivity index (χ1v) is 9.05. The molecule has 0 aliphatic carbocycles. The zero-order chi connectivity index (χ0) is 18.7. The van der Waals surface area contributed by atoms with Gasteiger partial charge >= 0.3 is 0 Å². The summed E-state index contributed by atoms with van der Waals surface area (Å²) in [5, 5.41) is 9.85. The van der Waals surface area contributed by atoms with Gasteiger partial charge in [0, 0.05) is 24.6 Å². The molecular weight excluding hydrogens is 333 g/mol. The summed E-state index contributed by atoms with van der Waals surface area (Å²) in [7, 11) is 0. The van der Waals surface area contributed by atoms with Gasteiger partial charge in [-0.3, -0.25) is 9.89 Å². The normalized spacial score (nSPS) is 20.8. The SMILES string of the molecule is CC(C)(C)[C@@H]1OCCC[C@H]1CNC(=O)c1cn[nH]c1-c1ccc(F)cc1. The lowest BCUT2D eigenvalue weighted by atomic mass is 9.78. The number of aromatic nitrogens is 2. The second kappa shape index (κ2) is 7.58. The van der Waals surface area contributed by atoms with Crippen molar-refractivity contribution in [1.82, 2.24) is 15.5 Å². The second-order valence-corrected chi connectivity index (χ2v) is 7.94. The van der Waals surface area contributed by atoms with E-state index in [0.717, 1.165) is 25.0 Å². The molecule has 0 unspecified atom stereocenters. The fourth-order valence-corrected chi connectivity index (χ4v) is 3.62. The molecule has 0 radical (unpaired) electrons. The summed E-state index contributed by atoms with van der Waals surface area (Å²) in [5.41, 5.74) is 1.81. The van der Waals surface area contributed by atoms with E-state index >= 15 is 0 Å². The van der Waals surface area contributed by atoms with Crippen LogP contribution in [0.1, 0.15) is 44.0 Å². The average molecular weight is 359 g/mol. The molecule has 0 spiro atoms. The van der Waals surface area contributed by atoms with Crippen LogP contribution >= 0.6 is 0 Å². The molecule has 6 heteroatoms. The Morgan fingerprint density at radius 2 is 2.08 bits per heavy atom. The van der Waals surface area contributed by atoms with Gasteiger partial charge in [0.2, 0.25) is 0 Å². The standard InChI is InChI=1S/C20H26FN3O2/c1-20(2,3)18-14(5-4-10-26-18)11-22-19(25)16-12-23-24-17(16)13-6-8-15(21)9-7-13/h6-9,12,14,18H,4-5,10-11H2,1-3H3,(H,22,25)(H,23,24)/t14-,18+/m0/s1. The van der Waals surface area contributed by atoms with Crippen molar-refractivity contribution >= 4 is 5.91 Å². The van der Waals surface area contributed by atoms with E-state index in [2.05, 4.69) is 36.3 Å². The predicted molar refractivity (Wildman–Crippen MR) is 98.2 cm³/mol. The van der Waals surface area contributed by atoms with Crippen LogP contribution in [0.2, 0.25) is 0 Å². The molecule has 2 N–H and O–H groups in total. The highest BCUT2D eigenvalue weighted by Gasteiger charge is 2.35. The number of amides is 1. The van der Waals surface area contributed by atoms with Gasteiger partial charge in [0.05, 0.1) is 23.6 Å². The third-order valence-corrected chi connectivity index (χ3v) is 4.84. The van der Waals surface area contributed by atoms with Gasteiger partial charge in [0.25, 0.3) is 5.91 Å². The highest BCUT2D eigenvalue weighted by molar-refractivity contribution is 5.99. The molecule has 1 aliphatic rings. The first-order valence-electron chi connectivity index (χ1n) is 9.05. The van der Waals surface area contributed by atoms with Crippen LogP contribution in [-0.2, 0) is 4.74 Å². The van der Waals surface area contributed by atoms with Gasteiger partial charge in [-0.2, -0.15) is 5.10 Å². The summed E-state index contributed by atoms with van der Waals surface area (Å²) in [6, 6.07) is 5.99. The van der Waals surface area contributed by atoms with Crippen LogP contribution in [0.4, 0.5) is 4.39 Å². The Balaban J connectivity index is 1.69. The molecule has 2 heterocycles. The third-order valence-electron chi connectivity index (χ3n) is 4.84. The van der Waals surface area contributed by atoms with Crippen molar-refractivity contribution in [3.8, 4) is 11.3 Å². The van der Waals surface area contributed by atoms with Crippen LogP contribution in [0.25, 0.3) is 11.3 Å². The molecule has 0 saturated carbocycles. The van der Waals surface area contributed by atoms with Crippen molar-refractivity contribution < 1.29 is 13.9 Å². The summed E-state index contributed by atoms with van der Waals surface area (Å²) in [5.74, 6) is -0.213. The molecule has 26 heavy (non-hydrogen) atoms. The minimum atomic E-state index is -0.315. The molecule has 5 nitrogen and oxygen atoms in total. The minimum absolute atomic E-state index is 0.0325. The molecule has 1 amide bonds. The van der Waals surface area contributed by atoms with Gasteiger partial charge in [-0.15, -0.1) is 0 Å². The van der Waals surface area contributed by atoms with Crippen molar-refractivity contribution in [3.63, 3.8) is 0 Å². The summed E-state index contributed by atoms with van der Waals surface area (Å²) >= 11 is 0. The van der Waals surface area contributed by atoms with E-state index in [0.29, 0.717) is 17.8 Å². The molecule has 0 bridgehead atoms. The van der Waals surface area contributed by atoms with Gasteiger partial charge < -0.3 is 10.1 Å². The molecule has 1 saturated heterocycles. The molecule has 3 rings (SSSR count). The fraction of sp³-hybridized carbons (Fsp3) is 0.500. The van der Waals surface area contributed by atoms with Crippen LogP contribution in [0.15, 0.2) is 30.5 Å². The van der Waals surface area contributed by atoms with Crippen LogP contribution in [0, 0.1) is 17.2 Å². The quantitative estimate of drug-likeness (QED) is 0.873. The number of carbonyl (C=O) groups is 1. The number of carbonyl (C=O) groups excluding carboxylic acids is 1. The molecule has 140 valence electrons. The highest BCUT2D eigenvalue weighted by Crippen LogP contribution is 2.33. The minimum Gasteiger partial charge on any atom is -0.377 e. The maximum Gasteiger partial charge on any atom is 0.255 e. The Labute approximate surface area is 153 Å². The lowest BCUT2D eigenvalue weighted by molar-refractivity contribution is -0.0839. The van der Waals surface area contributed by atoms with Crippen molar-refractivity contribution in [2.24, 2.45) is 11.3 Å². The van der Waals surface area contributed by atoms with E-state index in [1.54, 1.807) is 12.1 Å². The maximum atomic E-state index is 13.1. The second-order valence-electron chi connectivity index (χ2n) is 7.94. The van der Waals surface area contributed by atoms with Crippen molar-refractivity contribution in [3.05, 3.63) is 41.8 Å². The number of rotatable bonds is 4. The summed E-state index contributed by atoms with van der Waals surface area (Å²) in [6.07, 6.45) is 3.68. The summed E-state index contributed by atoms with van der Waals surface area (Å²) in [4.78, 5) is 12.7. The largest absolute Gasteiger partial charge is 0.377 e. The fourth-order valence-electron chi connectivity index (χ4n) is 3.62. The Hall–Kier alpha value is -2.21. The summed E-state index contributed by atoms with van der Waals surface area (Å²) < 4.78 is 19.1. The Bertz CT molecular complexity index is 749. The molecule has 2 aromatic rings. The summed E-state index contributed by atoms with van der Waals surface area (Å²) in [6.45, 7) is 7.85. The molecule has 1 aliphatic heterocycles. The zero-order valence-electron chi connectivity index (χ0n) is 15.5. The van der Waals surface area contributed by atoms with E-state index in [4.69, 9.17) is 4.74 Å². The van der Waals surface area contributed by atoms with Crippen molar-refractivity contribution in [2.75, 3.05) is 13.2 Å². The van der Waals surface area contributed by atoms with E-state index in [1.807, 2.05) is 0 Å². The van der Waals surface area contributed by atoms with E-state index < -0.39 is 0 Å². The number of H-pyrrole nitrogens is 1. The van der Waals surface area contributed by atoms with E-state index in [-0.39, 0.29) is 29.2 Å². The number of halogens is 1. The van der Waals surface area contributed by atoms with E-state index in [9.17, 15) is 9.18 Å². The Morgan fingerprint density at radius 3 is 2.77 bits per heavy atom. The average Bonchev–Trinajstić information content (AvgIpc) is 3.09. The smallest absolute Gasteiger partial charge is 0.255 e. The number of ether oxygens (including phenoxy) is 1. The monoisotopic (exact) mass is 359 g/mol.